The van der Waals surface area contributed by atoms with Crippen LogP contribution in [0, 0.1) is 17.6 Å². The molecule has 0 spiro atoms. The van der Waals surface area contributed by atoms with Crippen LogP contribution >= 0.6 is 11.6 Å². The van der Waals surface area contributed by atoms with Crippen molar-refractivity contribution in [3.8, 4) is 0 Å². The van der Waals surface area contributed by atoms with Gasteiger partial charge in [-0.15, -0.1) is 11.6 Å². The Labute approximate surface area is 98.2 Å². The largest absolute Gasteiger partial charge is 0.350 e. The molecular formula is C11H13ClF2N2. The molecule has 0 aromatic carbocycles. The standard InChI is InChI=1S/C11H13ClF2N2/c1-7-2-3-16(10(7)5-12)11-9(14)4-8(13)6-15-11/h4,6-7,10H,2-3,5H2,1H3. The summed E-state index contributed by atoms with van der Waals surface area (Å²) < 4.78 is 26.3. The van der Waals surface area contributed by atoms with Gasteiger partial charge in [0.05, 0.1) is 6.20 Å². The Hall–Kier alpha value is -0.900. The van der Waals surface area contributed by atoms with Gasteiger partial charge in [0.25, 0.3) is 0 Å². The number of alkyl halides is 1. The lowest BCUT2D eigenvalue weighted by Gasteiger charge is -2.26. The average Bonchev–Trinajstić information content (AvgIpc) is 2.59. The Kier molecular flexibility index (Phi) is 3.28. The first-order valence-electron chi connectivity index (χ1n) is 5.27. The summed E-state index contributed by atoms with van der Waals surface area (Å²) in [5.74, 6) is -0.236. The summed E-state index contributed by atoms with van der Waals surface area (Å²) in [5.41, 5.74) is 0. The number of hydrogen-bond acceptors (Lipinski definition) is 2. The highest BCUT2D eigenvalue weighted by molar-refractivity contribution is 6.18. The Bertz CT molecular complexity index is 386. The highest BCUT2D eigenvalue weighted by Crippen LogP contribution is 2.30. The molecule has 2 nitrogen and oxygen atoms in total. The second kappa shape index (κ2) is 4.53. The summed E-state index contributed by atoms with van der Waals surface area (Å²) in [4.78, 5) is 5.64. The molecule has 0 saturated carbocycles. The first kappa shape index (κ1) is 11.6. The van der Waals surface area contributed by atoms with Crippen molar-refractivity contribution in [2.75, 3.05) is 17.3 Å². The van der Waals surface area contributed by atoms with Gasteiger partial charge < -0.3 is 4.90 Å². The molecule has 1 fully saturated rings. The van der Waals surface area contributed by atoms with Gasteiger partial charge in [-0.25, -0.2) is 13.8 Å². The first-order chi connectivity index (χ1) is 7.63. The maximum Gasteiger partial charge on any atom is 0.168 e. The fraction of sp³-hybridized carbons (Fsp3) is 0.545. The van der Waals surface area contributed by atoms with Gasteiger partial charge in [-0.3, -0.25) is 0 Å². The third kappa shape index (κ3) is 1.98. The lowest BCUT2D eigenvalue weighted by Crippen LogP contribution is -2.34. The van der Waals surface area contributed by atoms with Crippen molar-refractivity contribution >= 4 is 17.4 Å². The van der Waals surface area contributed by atoms with Gasteiger partial charge in [0.2, 0.25) is 0 Å². The summed E-state index contributed by atoms with van der Waals surface area (Å²) in [6.07, 6.45) is 1.99. The molecule has 88 valence electrons. The van der Waals surface area contributed by atoms with E-state index in [2.05, 4.69) is 11.9 Å². The minimum Gasteiger partial charge on any atom is -0.350 e. The number of hydrogen-bond donors (Lipinski definition) is 0. The molecule has 16 heavy (non-hydrogen) atoms. The van der Waals surface area contributed by atoms with Crippen LogP contribution in [0.2, 0.25) is 0 Å². The Morgan fingerprint density at radius 1 is 1.56 bits per heavy atom. The van der Waals surface area contributed by atoms with E-state index in [9.17, 15) is 8.78 Å². The van der Waals surface area contributed by atoms with Gasteiger partial charge >= 0.3 is 0 Å². The molecule has 5 heteroatoms. The molecule has 1 aromatic heterocycles. The Morgan fingerprint density at radius 3 is 2.94 bits per heavy atom. The summed E-state index contributed by atoms with van der Waals surface area (Å²) in [7, 11) is 0. The van der Waals surface area contributed by atoms with Gasteiger partial charge in [0.15, 0.2) is 11.6 Å². The van der Waals surface area contributed by atoms with E-state index >= 15 is 0 Å². The fourth-order valence-electron chi connectivity index (χ4n) is 2.13. The number of rotatable bonds is 2. The minimum absolute atomic E-state index is 0.0779. The van der Waals surface area contributed by atoms with Crippen molar-refractivity contribution in [3.63, 3.8) is 0 Å². The summed E-state index contributed by atoms with van der Waals surface area (Å²) in [6.45, 7) is 2.79. The normalized spacial score (nSPS) is 25.1. The van der Waals surface area contributed by atoms with Crippen molar-refractivity contribution in [2.24, 2.45) is 5.92 Å². The molecule has 1 saturated heterocycles. The SMILES string of the molecule is CC1CCN(c2ncc(F)cc2F)C1CCl. The Morgan fingerprint density at radius 2 is 2.31 bits per heavy atom. The number of halogens is 3. The number of aromatic nitrogens is 1. The molecule has 2 rings (SSSR count). The van der Waals surface area contributed by atoms with Gasteiger partial charge in [-0.2, -0.15) is 0 Å². The topological polar surface area (TPSA) is 16.1 Å². The van der Waals surface area contributed by atoms with Crippen LogP contribution < -0.4 is 4.90 Å². The zero-order chi connectivity index (χ0) is 11.7. The number of nitrogens with zero attached hydrogens (tertiary/aromatic N) is 2. The zero-order valence-corrected chi connectivity index (χ0v) is 9.71. The van der Waals surface area contributed by atoms with Crippen molar-refractivity contribution < 1.29 is 8.78 Å². The van der Waals surface area contributed by atoms with Crippen LogP contribution in [-0.2, 0) is 0 Å². The highest BCUT2D eigenvalue weighted by atomic mass is 35.5. The molecule has 0 amide bonds. The van der Waals surface area contributed by atoms with Crippen LogP contribution in [0.25, 0.3) is 0 Å². The third-order valence-corrected chi connectivity index (χ3v) is 3.42. The third-order valence-electron chi connectivity index (χ3n) is 3.10. The second-order valence-electron chi connectivity index (χ2n) is 4.14. The van der Waals surface area contributed by atoms with E-state index in [1.807, 2.05) is 4.90 Å². The van der Waals surface area contributed by atoms with Gasteiger partial charge in [-0.05, 0) is 12.3 Å². The molecule has 2 unspecified atom stereocenters. The monoisotopic (exact) mass is 246 g/mol. The lowest BCUT2D eigenvalue weighted by atomic mass is 10.1. The Balaban J connectivity index is 2.30. The van der Waals surface area contributed by atoms with Crippen molar-refractivity contribution in [1.82, 2.24) is 4.98 Å². The first-order valence-corrected chi connectivity index (χ1v) is 5.80. The second-order valence-corrected chi connectivity index (χ2v) is 4.45. The molecule has 0 bridgehead atoms. The fourth-order valence-corrected chi connectivity index (χ4v) is 2.60. The van der Waals surface area contributed by atoms with E-state index in [1.165, 1.54) is 0 Å². The number of pyridine rings is 1. The van der Waals surface area contributed by atoms with E-state index in [0.717, 1.165) is 18.7 Å². The summed E-state index contributed by atoms with van der Waals surface area (Å²) >= 11 is 5.86. The molecule has 2 atom stereocenters. The highest BCUT2D eigenvalue weighted by Gasteiger charge is 2.32. The molecule has 0 radical (unpaired) electrons. The molecule has 1 aromatic rings. The van der Waals surface area contributed by atoms with E-state index in [1.54, 1.807) is 0 Å². The molecule has 0 aliphatic carbocycles. The van der Waals surface area contributed by atoms with Crippen LogP contribution in [0.4, 0.5) is 14.6 Å². The molecule has 0 N–H and O–H groups in total. The maximum absolute atomic E-state index is 13.6. The van der Waals surface area contributed by atoms with Crippen LogP contribution in [-0.4, -0.2) is 23.5 Å². The van der Waals surface area contributed by atoms with E-state index in [-0.39, 0.29) is 11.9 Å². The van der Waals surface area contributed by atoms with E-state index in [0.29, 0.717) is 18.3 Å². The minimum atomic E-state index is -0.657. The molecule has 1 aliphatic rings. The quantitative estimate of drug-likeness (QED) is 0.746. The van der Waals surface area contributed by atoms with Gasteiger partial charge in [0.1, 0.15) is 5.82 Å². The van der Waals surface area contributed by atoms with Crippen molar-refractivity contribution in [3.05, 3.63) is 23.9 Å². The maximum atomic E-state index is 13.6. The summed E-state index contributed by atoms with van der Waals surface area (Å²) in [5, 5.41) is 0. The van der Waals surface area contributed by atoms with Crippen LogP contribution in [0.15, 0.2) is 12.3 Å². The molecule has 1 aliphatic heterocycles. The number of anilines is 1. The van der Waals surface area contributed by atoms with Crippen molar-refractivity contribution in [1.29, 1.82) is 0 Å². The molecular weight excluding hydrogens is 234 g/mol. The smallest absolute Gasteiger partial charge is 0.168 e. The predicted octanol–water partition coefficient (Wildman–Crippen LogP) is 2.81. The van der Waals surface area contributed by atoms with Crippen LogP contribution in [0.5, 0.6) is 0 Å². The van der Waals surface area contributed by atoms with Crippen LogP contribution in [0.3, 0.4) is 0 Å². The lowest BCUT2D eigenvalue weighted by molar-refractivity contribution is 0.533. The summed E-state index contributed by atoms with van der Waals surface area (Å²) in [6, 6.07) is 0.936. The van der Waals surface area contributed by atoms with E-state index in [4.69, 9.17) is 11.6 Å². The van der Waals surface area contributed by atoms with E-state index < -0.39 is 11.6 Å². The van der Waals surface area contributed by atoms with Crippen molar-refractivity contribution in [2.45, 2.75) is 19.4 Å². The van der Waals surface area contributed by atoms with Gasteiger partial charge in [-0.1, -0.05) is 6.92 Å². The predicted molar refractivity (Wildman–Crippen MR) is 59.8 cm³/mol. The zero-order valence-electron chi connectivity index (χ0n) is 8.96. The van der Waals surface area contributed by atoms with Crippen LogP contribution in [0.1, 0.15) is 13.3 Å². The molecule has 2 heterocycles. The van der Waals surface area contributed by atoms with Gasteiger partial charge in [0, 0.05) is 24.5 Å². The average molecular weight is 247 g/mol.